The molecule has 6 aromatic rings. The average molecular weight is 1240 g/mol. The van der Waals surface area contributed by atoms with Gasteiger partial charge in [-0.1, -0.05) is 60.7 Å². The normalized spacial score (nSPS) is 8.35. The molecule has 0 atom stereocenters. The van der Waals surface area contributed by atoms with Gasteiger partial charge in [0.25, 0.3) is 0 Å². The molecule has 2 radical (unpaired) electrons. The van der Waals surface area contributed by atoms with Gasteiger partial charge in [-0.15, -0.1) is 5.46 Å². The van der Waals surface area contributed by atoms with Crippen LogP contribution in [0, 0.1) is 104 Å². The van der Waals surface area contributed by atoms with Crippen molar-refractivity contribution < 1.29 is 68.5 Å². The molecule has 4 heterocycles. The molecule has 0 spiro atoms. The molecule has 0 saturated heterocycles. The van der Waals surface area contributed by atoms with Crippen LogP contribution in [-0.2, 0) is 66.1 Å². The van der Waals surface area contributed by atoms with E-state index < -0.39 is 6.98 Å². The Labute approximate surface area is 430 Å². The van der Waals surface area contributed by atoms with Crippen LogP contribution in [0.2, 0.25) is 0 Å². The number of hydrogen-bond donors (Lipinski definition) is 0. The van der Waals surface area contributed by atoms with Crippen LogP contribution in [0.15, 0.2) is 126 Å². The summed E-state index contributed by atoms with van der Waals surface area (Å²) in [5.41, 5.74) is 2.37. The Balaban J connectivity index is -0.000000384. The smallest absolute Gasteiger partial charge is 1.00 e. The first-order chi connectivity index (χ1) is 28.7. The number of halogens is 1. The molecule has 0 bridgehead atoms. The Morgan fingerprint density at radius 2 is 0.871 bits per heavy atom. The number of nitriles is 6. The van der Waals surface area contributed by atoms with Crippen molar-refractivity contribution in [3.05, 3.63) is 115 Å². The molecule has 14 nitrogen and oxygen atoms in total. The molecule has 22 heteroatoms. The summed E-state index contributed by atoms with van der Waals surface area (Å²) in [7, 11) is 7.82. The summed E-state index contributed by atoms with van der Waals surface area (Å²) in [6.07, 6.45) is 15.9. The minimum atomic E-state index is -1.09. The predicted molar refractivity (Wildman–Crippen MR) is 242 cm³/mol. The van der Waals surface area contributed by atoms with Crippen molar-refractivity contribution in [2.24, 2.45) is 28.2 Å². The number of imidazole rings is 4. The monoisotopic (exact) mass is 1240 g/mol. The van der Waals surface area contributed by atoms with E-state index in [2.05, 4.69) is 54.3 Å². The minimum absolute atomic E-state index is 0. The molecule has 0 aliphatic carbocycles. The number of rotatable bonds is 6. The van der Waals surface area contributed by atoms with E-state index in [1.165, 1.54) is 47.0 Å². The number of aryl methyl sites for hydroxylation is 4. The first-order valence-corrected chi connectivity index (χ1v) is 19.4. The Morgan fingerprint density at radius 1 is 0.532 bits per heavy atom. The van der Waals surface area contributed by atoms with Crippen LogP contribution >= 0.6 is 12.2 Å². The molecule has 4 aromatic heterocycles. The maximum Gasteiger partial charge on any atom is 3.00 e. The van der Waals surface area contributed by atoms with E-state index in [1.54, 1.807) is 36.4 Å². The Kier molecular flexibility index (Phi) is 38.8. The minimum Gasteiger partial charge on any atom is -1.00 e. The molecule has 0 N–H and O–H groups in total. The number of aromatic nitrogens is 8. The molecule has 2 aromatic carbocycles. The van der Waals surface area contributed by atoms with E-state index in [0.717, 1.165) is 25.7 Å². The maximum absolute atomic E-state index is 7.32. The van der Waals surface area contributed by atoms with Crippen LogP contribution in [0.4, 0.5) is 0 Å². The van der Waals surface area contributed by atoms with Gasteiger partial charge in [0, 0.05) is 54.8 Å². The molecule has 62 heavy (non-hydrogen) atoms. The second-order valence-corrected chi connectivity index (χ2v) is 13.1. The summed E-state index contributed by atoms with van der Waals surface area (Å²) in [5.74, 6) is 0. The fraction of sp³-hybridized carbons (Fsp3) is 0.250. The molecular formula is C40H49B2IN14S4U. The van der Waals surface area contributed by atoms with Crippen LogP contribution in [0.1, 0.15) is 41.5 Å². The summed E-state index contributed by atoms with van der Waals surface area (Å²) in [4.78, 5) is 0. The molecule has 6 rings (SSSR count). The topological polar surface area (TPSA) is 179 Å². The standard InChI is InChI=1S/C14H17BN4S2.C14H15BN4S2.6C2H3N.HI.U/c2*1-16-8-10-18(13(16)20)15(12-6-4-3-5-7-12)19-11-9-17(2)14(19)21;6*1-2-3;;/h3-11,15H,1-2H3,(H-,20,21);3-11H,1-2H3;6*1H3;1H;/q;-1;;;;;;;;+3/p-2. The van der Waals surface area contributed by atoms with Gasteiger partial charge in [0.1, 0.15) is 23.4 Å². The van der Waals surface area contributed by atoms with E-state index in [4.69, 9.17) is 81.7 Å². The summed E-state index contributed by atoms with van der Waals surface area (Å²) >= 11 is 22.1. The quantitative estimate of drug-likeness (QED) is 0.0978. The largest absolute Gasteiger partial charge is 3.00 e. The number of nitrogens with zero attached hydrogens (tertiary/aromatic N) is 14. The van der Waals surface area contributed by atoms with Gasteiger partial charge in [-0.3, -0.25) is 13.7 Å². The SMILES string of the molecule is CC#N.CC#N.CC#N.CC#N.CC#N.CC#N.Cn1cc[n+]([B-](c2ccccc2)n2ccn(C)c2=S)c1[S-].Cn1cc[n+]([BH-](c2ccccc2)[n+]2ccn(C)c2[S-])c1[S-].[I-].[U+3]. The summed E-state index contributed by atoms with van der Waals surface area (Å²) < 4.78 is 16.9. The Bertz CT molecular complexity index is 2320. The second-order valence-electron chi connectivity index (χ2n) is 11.6. The Morgan fingerprint density at radius 3 is 1.16 bits per heavy atom. The van der Waals surface area contributed by atoms with Crippen molar-refractivity contribution in [3.63, 3.8) is 0 Å². The molecule has 0 saturated carbocycles. The number of hydrogen-bond acceptors (Lipinski definition) is 10. The van der Waals surface area contributed by atoms with Crippen LogP contribution in [-0.4, -0.2) is 36.7 Å². The van der Waals surface area contributed by atoms with Gasteiger partial charge in [0.05, 0.1) is 91.6 Å². The molecule has 0 amide bonds. The first kappa shape index (κ1) is 63.6. The molecule has 320 valence electrons. The van der Waals surface area contributed by atoms with Crippen molar-refractivity contribution in [2.45, 2.75) is 57.0 Å². The fourth-order valence-electron chi connectivity index (χ4n) is 5.14. The zero-order valence-electron chi connectivity index (χ0n) is 36.4. The van der Waals surface area contributed by atoms with Gasteiger partial charge in [0.2, 0.25) is 6.98 Å². The molecular weight excluding hydrogens is 1190 g/mol. The van der Waals surface area contributed by atoms with E-state index in [0.29, 0.717) is 0 Å². The summed E-state index contributed by atoms with van der Waals surface area (Å²) in [6, 6.07) is 31.1. The van der Waals surface area contributed by atoms with Crippen LogP contribution in [0.3, 0.4) is 0 Å². The second kappa shape index (κ2) is 37.7. The van der Waals surface area contributed by atoms with Crippen LogP contribution in [0.5, 0.6) is 0 Å². The van der Waals surface area contributed by atoms with Gasteiger partial charge in [-0.05, 0) is 18.4 Å². The van der Waals surface area contributed by atoms with Gasteiger partial charge < -0.3 is 84.3 Å². The summed E-state index contributed by atoms with van der Waals surface area (Å²) in [6.45, 7) is 7.42. The van der Waals surface area contributed by atoms with E-state index >= 15 is 0 Å². The number of benzene rings is 2. The van der Waals surface area contributed by atoms with Crippen LogP contribution < -0.4 is 48.3 Å². The van der Waals surface area contributed by atoms with Gasteiger partial charge in [-0.2, -0.15) is 37.0 Å². The van der Waals surface area contributed by atoms with Crippen molar-refractivity contribution in [2.75, 3.05) is 0 Å². The maximum atomic E-state index is 7.32. The molecule has 0 aliphatic rings. The molecule has 0 aliphatic heterocycles. The molecule has 0 fully saturated rings. The van der Waals surface area contributed by atoms with E-state index in [-0.39, 0.29) is 62.1 Å². The van der Waals surface area contributed by atoms with Crippen LogP contribution in [0.25, 0.3) is 0 Å². The average Bonchev–Trinajstić information content (AvgIpc) is 3.95. The third kappa shape index (κ3) is 21.2. The summed E-state index contributed by atoms with van der Waals surface area (Å²) in [5, 5.41) is 46.3. The van der Waals surface area contributed by atoms with Crippen molar-refractivity contribution in [1.29, 1.82) is 31.6 Å². The molecule has 0 unspecified atom stereocenters. The zero-order valence-corrected chi connectivity index (χ0v) is 46.0. The van der Waals surface area contributed by atoms with Crippen molar-refractivity contribution in [3.8, 4) is 36.4 Å². The Hall–Kier alpha value is -4.99. The van der Waals surface area contributed by atoms with Crippen molar-refractivity contribution in [1.82, 2.24) is 22.7 Å². The van der Waals surface area contributed by atoms with E-state index in [9.17, 15) is 0 Å². The van der Waals surface area contributed by atoms with Gasteiger partial charge >= 0.3 is 38.1 Å². The fourth-order valence-corrected chi connectivity index (χ4v) is 6.07. The van der Waals surface area contributed by atoms with Gasteiger partial charge in [-0.25, -0.2) is 0 Å². The van der Waals surface area contributed by atoms with E-state index in [1.807, 2.05) is 120 Å². The van der Waals surface area contributed by atoms with Gasteiger partial charge in [0.15, 0.2) is 0 Å². The predicted octanol–water partition coefficient (Wildman–Crippen LogP) is 0.337. The third-order valence-electron chi connectivity index (χ3n) is 7.46. The van der Waals surface area contributed by atoms with Crippen molar-refractivity contribution >= 4 is 75.0 Å². The zero-order chi connectivity index (χ0) is 46.2. The first-order valence-electron chi connectivity index (χ1n) is 17.7. The third-order valence-corrected chi connectivity index (χ3v) is 9.50.